The van der Waals surface area contributed by atoms with Gasteiger partial charge in [-0.1, -0.05) is 17.7 Å². The van der Waals surface area contributed by atoms with Crippen molar-refractivity contribution in [2.75, 3.05) is 62.3 Å². The molecule has 0 saturated carbocycles. The Balaban J connectivity index is 2.17. The summed E-state index contributed by atoms with van der Waals surface area (Å²) in [6, 6.07) is 6.06. The molecule has 8 nitrogen and oxygen atoms in total. The lowest BCUT2D eigenvalue weighted by Gasteiger charge is -2.24. The van der Waals surface area contributed by atoms with E-state index in [1.54, 1.807) is 42.7 Å². The highest BCUT2D eigenvalue weighted by atomic mass is 16.5. The molecule has 0 saturated heterocycles. The number of benzene rings is 2. The van der Waals surface area contributed by atoms with Crippen LogP contribution in [-0.4, -0.2) is 67.2 Å². The van der Waals surface area contributed by atoms with Gasteiger partial charge in [0.2, 0.25) is 11.5 Å². The van der Waals surface area contributed by atoms with E-state index in [1.807, 2.05) is 19.1 Å². The Kier molecular flexibility index (Phi) is 11.7. The molecule has 36 heavy (non-hydrogen) atoms. The third-order valence-electron chi connectivity index (χ3n) is 6.02. The van der Waals surface area contributed by atoms with Crippen LogP contribution in [0.4, 0.5) is 0 Å². The fourth-order valence-electron chi connectivity index (χ4n) is 4.10. The van der Waals surface area contributed by atoms with Gasteiger partial charge >= 0.3 is 0 Å². The highest BCUT2D eigenvalue weighted by Crippen LogP contribution is 2.49. The summed E-state index contributed by atoms with van der Waals surface area (Å²) in [4.78, 5) is 2.39. The number of nitrogens with zero attached hydrogens (tertiary/aromatic N) is 1. The Morgan fingerprint density at radius 2 is 1.42 bits per heavy atom. The molecule has 2 aromatic rings. The van der Waals surface area contributed by atoms with E-state index in [2.05, 4.69) is 36.2 Å². The van der Waals surface area contributed by atoms with Crippen molar-refractivity contribution in [2.24, 2.45) is 0 Å². The molecule has 2 rings (SSSR count). The SMILES string of the molecule is COc1ccc(CN(CC=C(C)C)CCNCc2c(C)c(OC)c(OC)c(OC)c2OC)cc1OC. The summed E-state index contributed by atoms with van der Waals surface area (Å²) >= 11 is 0. The second kappa shape index (κ2) is 14.5. The van der Waals surface area contributed by atoms with E-state index in [4.69, 9.17) is 28.4 Å². The molecule has 0 fully saturated rings. The molecule has 0 unspecified atom stereocenters. The summed E-state index contributed by atoms with van der Waals surface area (Å²) < 4.78 is 33.4. The fourth-order valence-corrected chi connectivity index (χ4v) is 4.10. The van der Waals surface area contributed by atoms with Crippen molar-refractivity contribution in [1.82, 2.24) is 10.2 Å². The number of rotatable bonds is 15. The second-order valence-corrected chi connectivity index (χ2v) is 8.62. The van der Waals surface area contributed by atoms with Gasteiger partial charge < -0.3 is 33.7 Å². The van der Waals surface area contributed by atoms with Crippen molar-refractivity contribution < 1.29 is 28.4 Å². The molecule has 0 amide bonds. The van der Waals surface area contributed by atoms with Gasteiger partial charge in [0, 0.05) is 43.9 Å². The zero-order valence-corrected chi connectivity index (χ0v) is 23.2. The minimum absolute atomic E-state index is 0.526. The maximum atomic E-state index is 5.71. The topological polar surface area (TPSA) is 70.7 Å². The smallest absolute Gasteiger partial charge is 0.207 e. The summed E-state index contributed by atoms with van der Waals surface area (Å²) in [5, 5.41) is 3.56. The predicted octanol–water partition coefficient (Wildman–Crippen LogP) is 4.60. The van der Waals surface area contributed by atoms with Gasteiger partial charge in [0.05, 0.1) is 42.7 Å². The van der Waals surface area contributed by atoms with Gasteiger partial charge in [-0.05, 0) is 38.5 Å². The monoisotopic (exact) mass is 502 g/mol. The van der Waals surface area contributed by atoms with E-state index in [9.17, 15) is 0 Å². The zero-order valence-electron chi connectivity index (χ0n) is 23.2. The molecule has 8 heteroatoms. The number of methoxy groups -OCH3 is 6. The van der Waals surface area contributed by atoms with E-state index in [0.717, 1.165) is 54.4 Å². The molecule has 2 aromatic carbocycles. The first-order valence-electron chi connectivity index (χ1n) is 12.0. The number of ether oxygens (including phenoxy) is 6. The maximum Gasteiger partial charge on any atom is 0.207 e. The van der Waals surface area contributed by atoms with E-state index in [1.165, 1.54) is 5.57 Å². The van der Waals surface area contributed by atoms with Gasteiger partial charge in [-0.15, -0.1) is 0 Å². The van der Waals surface area contributed by atoms with Crippen LogP contribution in [0.1, 0.15) is 30.5 Å². The maximum absolute atomic E-state index is 5.71. The Hall–Kier alpha value is -3.10. The molecule has 0 atom stereocenters. The molecular weight excluding hydrogens is 460 g/mol. The first-order valence-corrected chi connectivity index (χ1v) is 12.0. The summed E-state index contributed by atoms with van der Waals surface area (Å²) in [5.74, 6) is 3.81. The molecule has 0 heterocycles. The van der Waals surface area contributed by atoms with Crippen molar-refractivity contribution in [1.29, 1.82) is 0 Å². The standard InChI is InChI=1S/C28H42N2O6/c1-19(2)12-14-30(18-21-10-11-23(31-4)24(16-21)32-5)15-13-29-17-22-20(3)25(33-6)27(35-8)28(36-9)26(22)34-7/h10-12,16,29H,13-15,17-18H2,1-9H3. The number of hydrogen-bond donors (Lipinski definition) is 1. The number of allylic oxidation sites excluding steroid dienone is 1. The van der Waals surface area contributed by atoms with Crippen LogP contribution in [0.25, 0.3) is 0 Å². The molecule has 1 N–H and O–H groups in total. The molecule has 0 aliphatic heterocycles. The highest BCUT2D eigenvalue weighted by Gasteiger charge is 2.25. The molecule has 0 spiro atoms. The third kappa shape index (κ3) is 7.21. The molecule has 200 valence electrons. The summed E-state index contributed by atoms with van der Waals surface area (Å²) in [6.07, 6.45) is 2.24. The fraction of sp³-hybridized carbons (Fsp3) is 0.500. The average Bonchev–Trinajstić information content (AvgIpc) is 2.88. The van der Waals surface area contributed by atoms with E-state index < -0.39 is 0 Å². The normalized spacial score (nSPS) is 10.7. The molecular formula is C28H42N2O6. The minimum Gasteiger partial charge on any atom is -0.493 e. The van der Waals surface area contributed by atoms with Gasteiger partial charge in [0.25, 0.3) is 0 Å². The summed E-state index contributed by atoms with van der Waals surface area (Å²) in [5.41, 5.74) is 4.38. The molecule has 0 aromatic heterocycles. The van der Waals surface area contributed by atoms with Crippen LogP contribution in [0.2, 0.25) is 0 Å². The van der Waals surface area contributed by atoms with Crippen molar-refractivity contribution >= 4 is 0 Å². The van der Waals surface area contributed by atoms with Gasteiger partial charge in [0.15, 0.2) is 23.0 Å². The second-order valence-electron chi connectivity index (χ2n) is 8.62. The first kappa shape index (κ1) is 29.1. The quantitative estimate of drug-likeness (QED) is 0.280. The van der Waals surface area contributed by atoms with Gasteiger partial charge in [0.1, 0.15) is 0 Å². The van der Waals surface area contributed by atoms with Crippen LogP contribution in [0.3, 0.4) is 0 Å². The first-order chi connectivity index (χ1) is 17.3. The molecule has 0 aliphatic carbocycles. The van der Waals surface area contributed by atoms with E-state index in [-0.39, 0.29) is 0 Å². The van der Waals surface area contributed by atoms with Crippen LogP contribution in [0, 0.1) is 6.92 Å². The van der Waals surface area contributed by atoms with Crippen LogP contribution >= 0.6 is 0 Å². The largest absolute Gasteiger partial charge is 0.493 e. The van der Waals surface area contributed by atoms with Crippen molar-refractivity contribution in [3.8, 4) is 34.5 Å². The van der Waals surface area contributed by atoms with Crippen LogP contribution in [0.15, 0.2) is 29.8 Å². The Morgan fingerprint density at radius 3 is 1.97 bits per heavy atom. The number of hydrogen-bond acceptors (Lipinski definition) is 8. The lowest BCUT2D eigenvalue weighted by molar-refractivity contribution is 0.289. The van der Waals surface area contributed by atoms with Crippen LogP contribution in [-0.2, 0) is 13.1 Å². The van der Waals surface area contributed by atoms with E-state index in [0.29, 0.717) is 29.5 Å². The Bertz CT molecular complexity index is 1020. The minimum atomic E-state index is 0.526. The summed E-state index contributed by atoms with van der Waals surface area (Å²) in [7, 11) is 9.76. The van der Waals surface area contributed by atoms with E-state index >= 15 is 0 Å². The number of nitrogens with one attached hydrogen (secondary N) is 1. The van der Waals surface area contributed by atoms with Gasteiger partial charge in [-0.2, -0.15) is 0 Å². The zero-order chi connectivity index (χ0) is 26.7. The summed E-state index contributed by atoms with van der Waals surface area (Å²) in [6.45, 7) is 10.1. The van der Waals surface area contributed by atoms with Crippen molar-refractivity contribution in [2.45, 2.75) is 33.9 Å². The van der Waals surface area contributed by atoms with Gasteiger partial charge in [-0.3, -0.25) is 4.90 Å². The molecule has 0 bridgehead atoms. The molecule has 0 radical (unpaired) electrons. The Morgan fingerprint density at radius 1 is 0.806 bits per heavy atom. The average molecular weight is 503 g/mol. The molecule has 0 aliphatic rings. The highest BCUT2D eigenvalue weighted by molar-refractivity contribution is 5.66. The van der Waals surface area contributed by atoms with Crippen LogP contribution < -0.4 is 33.7 Å². The third-order valence-corrected chi connectivity index (χ3v) is 6.02. The lowest BCUT2D eigenvalue weighted by atomic mass is 10.0. The van der Waals surface area contributed by atoms with Crippen molar-refractivity contribution in [3.63, 3.8) is 0 Å². The van der Waals surface area contributed by atoms with Crippen molar-refractivity contribution in [3.05, 3.63) is 46.5 Å². The van der Waals surface area contributed by atoms with Crippen LogP contribution in [0.5, 0.6) is 34.5 Å². The van der Waals surface area contributed by atoms with Gasteiger partial charge in [-0.25, -0.2) is 0 Å². The Labute approximate surface area is 216 Å². The lowest BCUT2D eigenvalue weighted by Crippen LogP contribution is -2.32. The predicted molar refractivity (Wildman–Crippen MR) is 143 cm³/mol.